The number of nitrogens with zero attached hydrogens (tertiary/aromatic N) is 3. The van der Waals surface area contributed by atoms with E-state index in [1.165, 1.54) is 6.92 Å². The maximum Gasteiger partial charge on any atom is 0.411 e. The molecule has 31 heavy (non-hydrogen) atoms. The summed E-state index contributed by atoms with van der Waals surface area (Å²) in [5, 5.41) is 14.4. The topological polar surface area (TPSA) is 103 Å². The maximum atomic E-state index is 12.4. The molecule has 0 radical (unpaired) electrons. The molecule has 4 rings (SSSR count). The van der Waals surface area contributed by atoms with Crippen molar-refractivity contribution in [3.8, 4) is 11.3 Å². The Labute approximate surface area is 174 Å². The lowest BCUT2D eigenvalue weighted by Gasteiger charge is -2.33. The van der Waals surface area contributed by atoms with E-state index < -0.39 is 18.9 Å². The lowest BCUT2D eigenvalue weighted by molar-refractivity contribution is -0.186. The molecule has 1 amide bonds. The van der Waals surface area contributed by atoms with Crippen LogP contribution in [0.5, 0.6) is 0 Å². The summed E-state index contributed by atoms with van der Waals surface area (Å²) < 4.78 is 52.0. The van der Waals surface area contributed by atoms with Crippen molar-refractivity contribution in [2.45, 2.75) is 44.0 Å². The molecule has 3 aromatic rings. The van der Waals surface area contributed by atoms with Crippen molar-refractivity contribution in [3.05, 3.63) is 53.9 Å². The Kier molecular flexibility index (Phi) is 5.77. The first-order valence-electron chi connectivity index (χ1n) is 9.63. The summed E-state index contributed by atoms with van der Waals surface area (Å²) in [6.07, 6.45) is -4.28. The van der Waals surface area contributed by atoms with Crippen LogP contribution in [0.3, 0.4) is 0 Å². The van der Waals surface area contributed by atoms with Gasteiger partial charge in [0.1, 0.15) is 18.4 Å². The molecule has 1 fully saturated rings. The van der Waals surface area contributed by atoms with Gasteiger partial charge in [-0.3, -0.25) is 4.79 Å². The number of halogens is 3. The molecule has 1 unspecified atom stereocenters. The number of ether oxygens (including phenoxy) is 1. The molecule has 0 aliphatic heterocycles. The monoisotopic (exact) mass is 436 g/mol. The summed E-state index contributed by atoms with van der Waals surface area (Å²) in [4.78, 5) is 12.4. The van der Waals surface area contributed by atoms with Gasteiger partial charge < -0.3 is 19.0 Å². The van der Waals surface area contributed by atoms with E-state index >= 15 is 0 Å². The Balaban J connectivity index is 1.27. The van der Waals surface area contributed by atoms with Gasteiger partial charge in [0.2, 0.25) is 17.5 Å². The normalized spacial score (nSPS) is 19.6. The molecule has 1 aliphatic rings. The Hall–Kier alpha value is -3.21. The van der Waals surface area contributed by atoms with E-state index in [2.05, 4.69) is 20.7 Å². The average molecular weight is 436 g/mol. The average Bonchev–Trinajstić information content (AvgIpc) is 3.38. The zero-order valence-electron chi connectivity index (χ0n) is 16.4. The number of carbonyl (C=O) groups is 1. The zero-order valence-corrected chi connectivity index (χ0v) is 16.4. The van der Waals surface area contributed by atoms with Crippen molar-refractivity contribution in [2.75, 3.05) is 6.61 Å². The van der Waals surface area contributed by atoms with Crippen LogP contribution in [0.4, 0.5) is 13.2 Å². The van der Waals surface area contributed by atoms with E-state index in [4.69, 9.17) is 13.7 Å². The fraction of sp³-hybridized carbons (Fsp3) is 0.400. The molecule has 1 saturated carbocycles. The van der Waals surface area contributed by atoms with Crippen molar-refractivity contribution < 1.29 is 31.6 Å². The Morgan fingerprint density at radius 3 is 2.71 bits per heavy atom. The number of carbonyl (C=O) groups excluding carboxylic acids is 1. The number of hydrogen-bond acceptors (Lipinski definition) is 7. The molecule has 0 spiro atoms. The van der Waals surface area contributed by atoms with Crippen LogP contribution in [0.1, 0.15) is 54.1 Å². The van der Waals surface area contributed by atoms with Crippen molar-refractivity contribution in [1.29, 1.82) is 0 Å². The smallest absolute Gasteiger partial charge is 0.411 e. The van der Waals surface area contributed by atoms with E-state index in [-0.39, 0.29) is 29.5 Å². The lowest BCUT2D eigenvalue weighted by Crippen LogP contribution is -2.43. The number of hydrogen-bond donors (Lipinski definition) is 1. The van der Waals surface area contributed by atoms with Gasteiger partial charge in [-0.25, -0.2) is 0 Å². The van der Waals surface area contributed by atoms with Gasteiger partial charge in [-0.2, -0.15) is 13.2 Å². The van der Waals surface area contributed by atoms with Gasteiger partial charge >= 0.3 is 6.18 Å². The standard InChI is InChI=1S/C20H19F3N4O4/c1-11(29-10-20(21,22)23)18-25-26-19(30-18)13-7-14(8-13)24-17(28)16-9-15(27-31-16)12-5-3-2-4-6-12/h2-6,9,11,13-14H,7-8,10H2,1H3,(H,24,28)/t11?,13-,14-. The van der Waals surface area contributed by atoms with Crippen LogP contribution in [-0.2, 0) is 4.74 Å². The highest BCUT2D eigenvalue weighted by Crippen LogP contribution is 2.37. The minimum Gasteiger partial charge on any atom is -0.422 e. The van der Waals surface area contributed by atoms with Crippen LogP contribution in [-0.4, -0.2) is 40.1 Å². The summed E-state index contributed by atoms with van der Waals surface area (Å²) >= 11 is 0. The number of alkyl halides is 3. The van der Waals surface area contributed by atoms with Gasteiger partial charge in [-0.1, -0.05) is 35.5 Å². The van der Waals surface area contributed by atoms with Gasteiger partial charge in [0.15, 0.2) is 0 Å². The van der Waals surface area contributed by atoms with Crippen LogP contribution < -0.4 is 5.32 Å². The third-order valence-electron chi connectivity index (χ3n) is 4.93. The van der Waals surface area contributed by atoms with Gasteiger partial charge in [-0.15, -0.1) is 10.2 Å². The second-order valence-corrected chi connectivity index (χ2v) is 7.33. The second kappa shape index (κ2) is 8.50. The highest BCUT2D eigenvalue weighted by Gasteiger charge is 2.36. The van der Waals surface area contributed by atoms with Gasteiger partial charge in [0.05, 0.1) is 0 Å². The van der Waals surface area contributed by atoms with E-state index in [9.17, 15) is 18.0 Å². The molecule has 1 aromatic carbocycles. The zero-order chi connectivity index (χ0) is 22.0. The number of rotatable bonds is 7. The largest absolute Gasteiger partial charge is 0.422 e. The Morgan fingerprint density at radius 2 is 2.00 bits per heavy atom. The molecule has 1 N–H and O–H groups in total. The lowest BCUT2D eigenvalue weighted by atomic mass is 9.80. The molecule has 2 heterocycles. The van der Waals surface area contributed by atoms with Gasteiger partial charge in [0.25, 0.3) is 5.91 Å². The number of nitrogens with one attached hydrogen (secondary N) is 1. The molecular formula is C20H19F3N4O4. The number of aromatic nitrogens is 3. The van der Waals surface area contributed by atoms with Crippen LogP contribution >= 0.6 is 0 Å². The summed E-state index contributed by atoms with van der Waals surface area (Å²) in [6, 6.07) is 10.8. The van der Waals surface area contributed by atoms with Crippen molar-refractivity contribution in [2.24, 2.45) is 0 Å². The minimum absolute atomic E-state index is 0.0122. The van der Waals surface area contributed by atoms with E-state index in [0.29, 0.717) is 24.4 Å². The molecule has 2 aromatic heterocycles. The van der Waals surface area contributed by atoms with Crippen molar-refractivity contribution >= 4 is 5.91 Å². The minimum atomic E-state index is -4.43. The second-order valence-electron chi connectivity index (χ2n) is 7.33. The SMILES string of the molecule is CC(OCC(F)(F)F)c1nnc([C@H]2C[C@H](NC(=O)c3cc(-c4ccccc4)no3)C2)o1. The molecule has 8 nitrogen and oxygen atoms in total. The third kappa shape index (κ3) is 5.10. The number of amides is 1. The molecule has 0 bridgehead atoms. The van der Waals surface area contributed by atoms with E-state index in [1.54, 1.807) is 6.07 Å². The maximum absolute atomic E-state index is 12.4. The Morgan fingerprint density at radius 1 is 1.26 bits per heavy atom. The molecular weight excluding hydrogens is 417 g/mol. The first-order chi connectivity index (χ1) is 14.8. The van der Waals surface area contributed by atoms with Gasteiger partial charge in [0, 0.05) is 23.6 Å². The first-order valence-corrected chi connectivity index (χ1v) is 9.63. The first kappa shape index (κ1) is 21.0. The molecule has 1 aliphatic carbocycles. The van der Waals surface area contributed by atoms with E-state index in [0.717, 1.165) is 5.56 Å². The predicted octanol–water partition coefficient (Wildman–Crippen LogP) is 4.04. The van der Waals surface area contributed by atoms with Crippen molar-refractivity contribution in [3.63, 3.8) is 0 Å². The molecule has 0 saturated heterocycles. The third-order valence-corrected chi connectivity index (χ3v) is 4.93. The fourth-order valence-corrected chi connectivity index (χ4v) is 3.19. The molecule has 164 valence electrons. The van der Waals surface area contributed by atoms with E-state index in [1.807, 2.05) is 30.3 Å². The van der Waals surface area contributed by atoms with Gasteiger partial charge in [-0.05, 0) is 19.8 Å². The number of benzene rings is 1. The molecule has 1 atom stereocenters. The van der Waals surface area contributed by atoms with Crippen molar-refractivity contribution in [1.82, 2.24) is 20.7 Å². The van der Waals surface area contributed by atoms with Crippen LogP contribution in [0, 0.1) is 0 Å². The Bertz CT molecular complexity index is 1030. The van der Waals surface area contributed by atoms with Crippen LogP contribution in [0.15, 0.2) is 45.3 Å². The summed E-state index contributed by atoms with van der Waals surface area (Å²) in [7, 11) is 0. The quantitative estimate of drug-likeness (QED) is 0.596. The van der Waals surface area contributed by atoms with Crippen LogP contribution in [0.2, 0.25) is 0 Å². The summed E-state index contributed by atoms with van der Waals surface area (Å²) in [5.41, 5.74) is 1.41. The highest BCUT2D eigenvalue weighted by atomic mass is 19.4. The fourth-order valence-electron chi connectivity index (χ4n) is 3.19. The summed E-state index contributed by atoms with van der Waals surface area (Å²) in [5.74, 6) is -0.0525. The highest BCUT2D eigenvalue weighted by molar-refractivity contribution is 5.92. The van der Waals surface area contributed by atoms with Crippen LogP contribution in [0.25, 0.3) is 11.3 Å². The molecule has 11 heteroatoms. The predicted molar refractivity (Wildman–Crippen MR) is 99.9 cm³/mol. The summed E-state index contributed by atoms with van der Waals surface area (Å²) in [6.45, 7) is 0.0188.